The van der Waals surface area contributed by atoms with Gasteiger partial charge in [-0.2, -0.15) is 0 Å². The van der Waals surface area contributed by atoms with Crippen molar-refractivity contribution in [3.05, 3.63) is 29.6 Å². The molecular weight excluding hydrogens is 202 g/mol. The average molecular weight is 219 g/mol. The monoisotopic (exact) mass is 219 g/mol. The number of hydrogen-bond acceptors (Lipinski definition) is 3. The molecule has 3 nitrogen and oxygen atoms in total. The maximum Gasteiger partial charge on any atom is 0.181 e. The zero-order chi connectivity index (χ0) is 11.4. The van der Waals surface area contributed by atoms with Crippen LogP contribution in [0.25, 0.3) is 0 Å². The van der Waals surface area contributed by atoms with Crippen LogP contribution < -0.4 is 0 Å². The number of ether oxygens (including phenoxy) is 1. The van der Waals surface area contributed by atoms with Gasteiger partial charge in [-0.3, -0.25) is 9.78 Å². The normalized spacial score (nSPS) is 17.3. The topological polar surface area (TPSA) is 39.2 Å². The van der Waals surface area contributed by atoms with Crippen LogP contribution in [0.5, 0.6) is 0 Å². The van der Waals surface area contributed by atoms with Crippen molar-refractivity contribution in [2.24, 2.45) is 5.92 Å². The highest BCUT2D eigenvalue weighted by Crippen LogP contribution is 2.20. The van der Waals surface area contributed by atoms with E-state index in [9.17, 15) is 4.79 Å². The molecule has 1 fully saturated rings. The summed E-state index contributed by atoms with van der Waals surface area (Å²) >= 11 is 0. The lowest BCUT2D eigenvalue weighted by atomic mass is 9.93. The third-order valence-electron chi connectivity index (χ3n) is 2.99. The molecule has 0 radical (unpaired) electrons. The van der Waals surface area contributed by atoms with Gasteiger partial charge in [0.15, 0.2) is 5.78 Å². The van der Waals surface area contributed by atoms with Crippen molar-refractivity contribution in [1.29, 1.82) is 0 Å². The van der Waals surface area contributed by atoms with Crippen LogP contribution in [0.1, 0.15) is 35.4 Å². The lowest BCUT2D eigenvalue weighted by Crippen LogP contribution is -2.19. The van der Waals surface area contributed by atoms with E-state index in [0.717, 1.165) is 31.7 Å². The van der Waals surface area contributed by atoms with Gasteiger partial charge < -0.3 is 4.74 Å². The van der Waals surface area contributed by atoms with Crippen LogP contribution in [0.4, 0.5) is 0 Å². The van der Waals surface area contributed by atoms with Crippen LogP contribution >= 0.6 is 0 Å². The number of carbonyl (C=O) groups excluding carboxylic acids is 1. The molecule has 0 atom stereocenters. The maximum absolute atomic E-state index is 12.0. The highest BCUT2D eigenvalue weighted by molar-refractivity contribution is 5.94. The van der Waals surface area contributed by atoms with Gasteiger partial charge in [0.05, 0.1) is 0 Å². The van der Waals surface area contributed by atoms with Gasteiger partial charge in [-0.25, -0.2) is 0 Å². The Morgan fingerprint density at radius 3 is 2.88 bits per heavy atom. The molecule has 2 heterocycles. The standard InChI is InChI=1S/C13H17NO2/c1-10-3-2-4-12(14-10)13(15)9-11-5-7-16-8-6-11/h2-4,11H,5-9H2,1H3. The van der Waals surface area contributed by atoms with Gasteiger partial charge in [0, 0.05) is 25.3 Å². The predicted molar refractivity (Wildman–Crippen MR) is 61.5 cm³/mol. The molecule has 0 N–H and O–H groups in total. The molecule has 0 aliphatic carbocycles. The van der Waals surface area contributed by atoms with Gasteiger partial charge >= 0.3 is 0 Å². The average Bonchev–Trinajstić information content (AvgIpc) is 2.30. The lowest BCUT2D eigenvalue weighted by Gasteiger charge is -2.20. The number of carbonyl (C=O) groups is 1. The Balaban J connectivity index is 1.97. The summed E-state index contributed by atoms with van der Waals surface area (Å²) in [5.41, 5.74) is 1.50. The Bertz CT molecular complexity index is 370. The fourth-order valence-electron chi connectivity index (χ4n) is 2.02. The zero-order valence-electron chi connectivity index (χ0n) is 9.61. The SMILES string of the molecule is Cc1cccc(C(=O)CC2CCOCC2)n1. The number of aromatic nitrogens is 1. The van der Waals surface area contributed by atoms with Crippen LogP contribution in [-0.4, -0.2) is 24.0 Å². The van der Waals surface area contributed by atoms with E-state index in [4.69, 9.17) is 4.74 Å². The lowest BCUT2D eigenvalue weighted by molar-refractivity contribution is 0.0599. The second-order valence-corrected chi connectivity index (χ2v) is 4.35. The fourth-order valence-corrected chi connectivity index (χ4v) is 2.02. The van der Waals surface area contributed by atoms with E-state index in [0.29, 0.717) is 18.0 Å². The summed E-state index contributed by atoms with van der Waals surface area (Å²) in [7, 11) is 0. The minimum Gasteiger partial charge on any atom is -0.381 e. The molecule has 3 heteroatoms. The number of rotatable bonds is 3. The molecule has 1 aromatic rings. The van der Waals surface area contributed by atoms with E-state index in [2.05, 4.69) is 4.98 Å². The summed E-state index contributed by atoms with van der Waals surface area (Å²) in [4.78, 5) is 16.2. The molecule has 1 aromatic heterocycles. The zero-order valence-corrected chi connectivity index (χ0v) is 9.61. The molecule has 0 aromatic carbocycles. The second kappa shape index (κ2) is 5.21. The smallest absolute Gasteiger partial charge is 0.181 e. The first-order chi connectivity index (χ1) is 7.75. The first kappa shape index (κ1) is 11.3. The quantitative estimate of drug-likeness (QED) is 0.733. The Morgan fingerprint density at radius 1 is 1.44 bits per heavy atom. The minimum absolute atomic E-state index is 0.163. The van der Waals surface area contributed by atoms with E-state index in [-0.39, 0.29) is 5.78 Å². The number of aryl methyl sites for hydroxylation is 1. The van der Waals surface area contributed by atoms with Crippen molar-refractivity contribution in [2.45, 2.75) is 26.2 Å². The summed E-state index contributed by atoms with van der Waals surface area (Å²) in [5, 5.41) is 0. The minimum atomic E-state index is 0.163. The highest BCUT2D eigenvalue weighted by Gasteiger charge is 2.18. The van der Waals surface area contributed by atoms with Gasteiger partial charge in [0.2, 0.25) is 0 Å². The summed E-state index contributed by atoms with van der Waals surface area (Å²) in [5.74, 6) is 0.638. The Labute approximate surface area is 95.8 Å². The van der Waals surface area contributed by atoms with Crippen molar-refractivity contribution >= 4 is 5.78 Å². The molecule has 1 aliphatic heterocycles. The molecule has 0 amide bonds. The van der Waals surface area contributed by atoms with Crippen molar-refractivity contribution < 1.29 is 9.53 Å². The molecule has 0 bridgehead atoms. The van der Waals surface area contributed by atoms with E-state index in [1.54, 1.807) is 6.07 Å². The summed E-state index contributed by atoms with van der Waals surface area (Å²) in [6.07, 6.45) is 2.61. The summed E-state index contributed by atoms with van der Waals surface area (Å²) in [6.45, 7) is 3.49. The third-order valence-corrected chi connectivity index (χ3v) is 2.99. The molecule has 0 spiro atoms. The molecule has 0 unspecified atom stereocenters. The number of pyridine rings is 1. The van der Waals surface area contributed by atoms with Crippen LogP contribution in [0.15, 0.2) is 18.2 Å². The van der Waals surface area contributed by atoms with Gasteiger partial charge in [-0.1, -0.05) is 6.07 Å². The second-order valence-electron chi connectivity index (χ2n) is 4.35. The van der Waals surface area contributed by atoms with Crippen LogP contribution in [-0.2, 0) is 4.74 Å². The number of nitrogens with zero attached hydrogens (tertiary/aromatic N) is 1. The Morgan fingerprint density at radius 2 is 2.19 bits per heavy atom. The molecule has 1 aliphatic rings. The van der Waals surface area contributed by atoms with Crippen molar-refractivity contribution in [3.63, 3.8) is 0 Å². The van der Waals surface area contributed by atoms with E-state index in [1.807, 2.05) is 19.1 Å². The van der Waals surface area contributed by atoms with Crippen molar-refractivity contribution in [2.75, 3.05) is 13.2 Å². The molecule has 0 saturated carbocycles. The third kappa shape index (κ3) is 2.89. The van der Waals surface area contributed by atoms with E-state index in [1.165, 1.54) is 0 Å². The first-order valence-electron chi connectivity index (χ1n) is 5.80. The van der Waals surface area contributed by atoms with Crippen LogP contribution in [0.3, 0.4) is 0 Å². The first-order valence-corrected chi connectivity index (χ1v) is 5.80. The highest BCUT2D eigenvalue weighted by atomic mass is 16.5. The number of ketones is 1. The molecule has 2 rings (SSSR count). The Hall–Kier alpha value is -1.22. The van der Waals surface area contributed by atoms with E-state index < -0.39 is 0 Å². The van der Waals surface area contributed by atoms with Crippen molar-refractivity contribution in [1.82, 2.24) is 4.98 Å². The van der Waals surface area contributed by atoms with Gasteiger partial charge in [0.25, 0.3) is 0 Å². The number of hydrogen-bond donors (Lipinski definition) is 0. The van der Waals surface area contributed by atoms with Gasteiger partial charge in [-0.15, -0.1) is 0 Å². The van der Waals surface area contributed by atoms with Gasteiger partial charge in [-0.05, 0) is 37.8 Å². The predicted octanol–water partition coefficient (Wildman–Crippen LogP) is 2.39. The summed E-state index contributed by atoms with van der Waals surface area (Å²) < 4.78 is 5.28. The largest absolute Gasteiger partial charge is 0.381 e. The molecule has 16 heavy (non-hydrogen) atoms. The molecule has 86 valence electrons. The fraction of sp³-hybridized carbons (Fsp3) is 0.538. The van der Waals surface area contributed by atoms with Crippen LogP contribution in [0.2, 0.25) is 0 Å². The Kier molecular flexibility index (Phi) is 3.67. The molecule has 1 saturated heterocycles. The van der Waals surface area contributed by atoms with Gasteiger partial charge in [0.1, 0.15) is 5.69 Å². The van der Waals surface area contributed by atoms with Crippen LogP contribution in [0, 0.1) is 12.8 Å². The van der Waals surface area contributed by atoms with E-state index >= 15 is 0 Å². The molecular formula is C13H17NO2. The summed E-state index contributed by atoms with van der Waals surface area (Å²) in [6, 6.07) is 5.60. The number of Topliss-reactive ketones (excluding diaryl/α,β-unsaturated/α-hetero) is 1. The maximum atomic E-state index is 12.0. The van der Waals surface area contributed by atoms with Crippen molar-refractivity contribution in [3.8, 4) is 0 Å².